The fourth-order valence-electron chi connectivity index (χ4n) is 1.99. The first-order valence-electron chi connectivity index (χ1n) is 7.27. The Bertz CT molecular complexity index is 854. The summed E-state index contributed by atoms with van der Waals surface area (Å²) in [4.78, 5) is 39.8. The Kier molecular flexibility index (Phi) is 5.09. The first kappa shape index (κ1) is 16.7. The number of nitrogens with zero attached hydrogens (tertiary/aromatic N) is 2. The van der Waals surface area contributed by atoms with Gasteiger partial charge in [0.1, 0.15) is 5.76 Å². The van der Waals surface area contributed by atoms with Crippen LogP contribution in [0, 0.1) is 0 Å². The summed E-state index contributed by atoms with van der Waals surface area (Å²) < 4.78 is 11.7. The lowest BCUT2D eigenvalue weighted by Gasteiger charge is -2.06. The molecule has 0 spiro atoms. The quantitative estimate of drug-likeness (QED) is 0.635. The van der Waals surface area contributed by atoms with Crippen LogP contribution in [0.15, 0.2) is 40.6 Å². The molecule has 9 nitrogen and oxygen atoms in total. The van der Waals surface area contributed by atoms with Crippen molar-refractivity contribution < 1.29 is 23.5 Å². The molecule has 0 atom stereocenters. The maximum Gasteiger partial charge on any atom is 0.321 e. The van der Waals surface area contributed by atoms with Gasteiger partial charge in [-0.05, 0) is 12.1 Å². The molecule has 3 amide bonds. The summed E-state index contributed by atoms with van der Waals surface area (Å²) in [6.07, 6.45) is 4.97. The van der Waals surface area contributed by atoms with Gasteiger partial charge in [0.05, 0.1) is 24.9 Å². The van der Waals surface area contributed by atoms with Gasteiger partial charge in [0.2, 0.25) is 0 Å². The van der Waals surface area contributed by atoms with Crippen LogP contribution in [0.25, 0.3) is 4.96 Å². The van der Waals surface area contributed by atoms with Gasteiger partial charge in [-0.15, -0.1) is 11.3 Å². The second-order valence-electron chi connectivity index (χ2n) is 4.97. The Balaban J connectivity index is 1.36. The Hall–Kier alpha value is -3.14. The maximum atomic E-state index is 11.7. The van der Waals surface area contributed by atoms with Crippen LogP contribution in [0.1, 0.15) is 11.5 Å². The van der Waals surface area contributed by atoms with E-state index in [1.165, 1.54) is 17.6 Å². The number of ether oxygens (including phenoxy) is 1. The minimum absolute atomic E-state index is 0.0492. The highest BCUT2D eigenvalue weighted by atomic mass is 32.1. The number of esters is 1. The van der Waals surface area contributed by atoms with Crippen molar-refractivity contribution in [2.75, 3.05) is 6.61 Å². The molecule has 3 aromatic heterocycles. The molecular weight excluding hydrogens is 348 g/mol. The highest BCUT2D eigenvalue weighted by molar-refractivity contribution is 7.15. The summed E-state index contributed by atoms with van der Waals surface area (Å²) in [6.45, 7) is -0.404. The summed E-state index contributed by atoms with van der Waals surface area (Å²) in [5.41, 5.74) is 0.549. The van der Waals surface area contributed by atoms with Gasteiger partial charge in [-0.3, -0.25) is 19.3 Å². The van der Waals surface area contributed by atoms with Gasteiger partial charge < -0.3 is 14.5 Å². The first-order chi connectivity index (χ1) is 12.1. The summed E-state index contributed by atoms with van der Waals surface area (Å²) in [6, 6.07) is 2.67. The molecule has 0 radical (unpaired) electrons. The fourth-order valence-corrected chi connectivity index (χ4v) is 2.71. The summed E-state index contributed by atoms with van der Waals surface area (Å²) in [5.74, 6) is -0.776. The van der Waals surface area contributed by atoms with Crippen molar-refractivity contribution in [3.8, 4) is 0 Å². The number of urea groups is 1. The van der Waals surface area contributed by atoms with Gasteiger partial charge in [0, 0.05) is 17.8 Å². The zero-order valence-electron chi connectivity index (χ0n) is 12.9. The number of carbonyl (C=O) groups is 3. The molecule has 2 N–H and O–H groups in total. The van der Waals surface area contributed by atoms with E-state index in [0.29, 0.717) is 11.5 Å². The standard InChI is InChI=1S/C15H14N4O5S/c20-12(18-14(22)16-7-11-2-1-4-23-11)9-24-13(21)6-10-8-19-3-5-25-15(19)17-10/h1-5,8H,6-7,9H2,(H2,16,18,20,22). The van der Waals surface area contributed by atoms with E-state index in [0.717, 1.165) is 4.96 Å². The molecule has 0 aliphatic rings. The van der Waals surface area contributed by atoms with E-state index in [-0.39, 0.29) is 13.0 Å². The molecule has 0 aliphatic carbocycles. The summed E-state index contributed by atoms with van der Waals surface area (Å²) in [7, 11) is 0. The predicted octanol–water partition coefficient (Wildman–Crippen LogP) is 1.10. The number of hydrogen-bond donors (Lipinski definition) is 2. The van der Waals surface area contributed by atoms with Crippen molar-refractivity contribution in [2.24, 2.45) is 0 Å². The number of thiazole rings is 1. The normalized spacial score (nSPS) is 10.6. The number of furan rings is 1. The van der Waals surface area contributed by atoms with E-state index < -0.39 is 24.5 Å². The van der Waals surface area contributed by atoms with E-state index in [2.05, 4.69) is 15.6 Å². The monoisotopic (exact) mass is 362 g/mol. The molecular formula is C15H14N4O5S. The third-order valence-corrected chi connectivity index (χ3v) is 3.86. The number of aromatic nitrogens is 2. The number of rotatable bonds is 6. The number of carbonyl (C=O) groups excluding carboxylic acids is 3. The van der Waals surface area contributed by atoms with Crippen molar-refractivity contribution in [3.05, 3.63) is 47.6 Å². The Morgan fingerprint density at radius 1 is 1.36 bits per heavy atom. The number of nitrogens with one attached hydrogen (secondary N) is 2. The number of hydrogen-bond acceptors (Lipinski definition) is 7. The van der Waals surface area contributed by atoms with Crippen LogP contribution in [0.3, 0.4) is 0 Å². The molecule has 0 unspecified atom stereocenters. The SMILES string of the molecule is O=C(COC(=O)Cc1cn2ccsc2n1)NC(=O)NCc1ccco1. The van der Waals surface area contributed by atoms with Crippen LogP contribution in [0.5, 0.6) is 0 Å². The number of imidazole rings is 1. The molecule has 0 saturated heterocycles. The lowest BCUT2D eigenvalue weighted by Crippen LogP contribution is -2.41. The summed E-state index contributed by atoms with van der Waals surface area (Å²) in [5, 5.41) is 6.37. The average molecular weight is 362 g/mol. The van der Waals surface area contributed by atoms with E-state index in [1.807, 2.05) is 11.6 Å². The second kappa shape index (κ2) is 7.62. The van der Waals surface area contributed by atoms with Crippen molar-refractivity contribution in [1.82, 2.24) is 20.0 Å². The van der Waals surface area contributed by atoms with Gasteiger partial charge in [0.15, 0.2) is 11.6 Å². The Morgan fingerprint density at radius 3 is 3.00 bits per heavy atom. The van der Waals surface area contributed by atoms with Crippen LogP contribution in [-0.4, -0.2) is 33.9 Å². The maximum absolute atomic E-state index is 11.7. The van der Waals surface area contributed by atoms with Crippen molar-refractivity contribution in [3.63, 3.8) is 0 Å². The molecule has 130 valence electrons. The van der Waals surface area contributed by atoms with Gasteiger partial charge >= 0.3 is 12.0 Å². The van der Waals surface area contributed by atoms with E-state index in [1.54, 1.807) is 22.7 Å². The van der Waals surface area contributed by atoms with Crippen molar-refractivity contribution in [2.45, 2.75) is 13.0 Å². The fraction of sp³-hybridized carbons (Fsp3) is 0.200. The number of amides is 3. The largest absolute Gasteiger partial charge is 0.467 e. The smallest absolute Gasteiger partial charge is 0.321 e. The van der Waals surface area contributed by atoms with Gasteiger partial charge in [-0.1, -0.05) is 0 Å². The molecule has 3 aromatic rings. The zero-order chi connectivity index (χ0) is 17.6. The highest BCUT2D eigenvalue weighted by Crippen LogP contribution is 2.11. The van der Waals surface area contributed by atoms with Crippen LogP contribution >= 0.6 is 11.3 Å². The topological polar surface area (TPSA) is 115 Å². The highest BCUT2D eigenvalue weighted by Gasteiger charge is 2.13. The third-order valence-electron chi connectivity index (χ3n) is 3.09. The van der Waals surface area contributed by atoms with Gasteiger partial charge in [-0.2, -0.15) is 0 Å². The van der Waals surface area contributed by atoms with E-state index in [9.17, 15) is 14.4 Å². The Labute approximate surface area is 145 Å². The minimum Gasteiger partial charge on any atom is -0.467 e. The molecule has 0 saturated carbocycles. The van der Waals surface area contributed by atoms with Crippen LogP contribution in [0.4, 0.5) is 4.79 Å². The molecule has 3 rings (SSSR count). The van der Waals surface area contributed by atoms with Crippen LogP contribution in [0.2, 0.25) is 0 Å². The van der Waals surface area contributed by atoms with E-state index in [4.69, 9.17) is 9.15 Å². The molecule has 0 bridgehead atoms. The van der Waals surface area contributed by atoms with Crippen molar-refractivity contribution in [1.29, 1.82) is 0 Å². The number of fused-ring (bicyclic) bond motifs is 1. The summed E-state index contributed by atoms with van der Waals surface area (Å²) >= 11 is 1.45. The van der Waals surface area contributed by atoms with Crippen LogP contribution in [-0.2, 0) is 27.3 Å². The predicted molar refractivity (Wildman–Crippen MR) is 86.8 cm³/mol. The molecule has 0 fully saturated rings. The second-order valence-corrected chi connectivity index (χ2v) is 5.85. The third kappa shape index (κ3) is 4.67. The lowest BCUT2D eigenvalue weighted by atomic mass is 10.3. The van der Waals surface area contributed by atoms with E-state index >= 15 is 0 Å². The van der Waals surface area contributed by atoms with Crippen LogP contribution < -0.4 is 10.6 Å². The average Bonchev–Trinajstić information content (AvgIpc) is 3.28. The molecule has 25 heavy (non-hydrogen) atoms. The molecule has 10 heteroatoms. The van der Waals surface area contributed by atoms with Crippen molar-refractivity contribution >= 4 is 34.2 Å². The number of imide groups is 1. The van der Waals surface area contributed by atoms with Gasteiger partial charge in [-0.25, -0.2) is 9.78 Å². The lowest BCUT2D eigenvalue weighted by molar-refractivity contribution is -0.147. The Morgan fingerprint density at radius 2 is 2.24 bits per heavy atom. The molecule has 0 aromatic carbocycles. The zero-order valence-corrected chi connectivity index (χ0v) is 13.7. The minimum atomic E-state index is -0.726. The molecule has 3 heterocycles. The first-order valence-corrected chi connectivity index (χ1v) is 8.15. The molecule has 0 aliphatic heterocycles. The van der Waals surface area contributed by atoms with Gasteiger partial charge in [0.25, 0.3) is 5.91 Å².